The smallest absolute Gasteiger partial charge is 0.309 e. The predicted molar refractivity (Wildman–Crippen MR) is 114 cm³/mol. The second kappa shape index (κ2) is 8.11. The van der Waals surface area contributed by atoms with Crippen LogP contribution in [0.2, 0.25) is 5.02 Å². The van der Waals surface area contributed by atoms with Gasteiger partial charge in [0.15, 0.2) is 0 Å². The molecule has 1 heterocycles. The zero-order chi connectivity index (χ0) is 21.4. The summed E-state index contributed by atoms with van der Waals surface area (Å²) in [4.78, 5) is 17.0. The molecule has 0 aliphatic heterocycles. The zero-order valence-corrected chi connectivity index (χ0v) is 18.5. The fourth-order valence-electron chi connectivity index (χ4n) is 4.52. The number of aryl methyl sites for hydroxylation is 1. The highest BCUT2D eigenvalue weighted by Gasteiger charge is 2.47. The number of aromatic nitrogens is 2. The van der Waals surface area contributed by atoms with Crippen molar-refractivity contribution < 1.29 is 15.0 Å². The first-order valence-corrected chi connectivity index (χ1v) is 10.8. The predicted octanol–water partition coefficient (Wildman–Crippen LogP) is 4.91. The molecule has 2 N–H and O–H groups in total. The minimum atomic E-state index is -1.44. The molecule has 158 valence electrons. The zero-order valence-electron chi connectivity index (χ0n) is 17.7. The number of benzene rings is 1. The van der Waals surface area contributed by atoms with Gasteiger partial charge in [-0.15, -0.1) is 0 Å². The van der Waals surface area contributed by atoms with E-state index in [-0.39, 0.29) is 5.41 Å². The van der Waals surface area contributed by atoms with Crippen molar-refractivity contribution >= 4 is 17.6 Å². The van der Waals surface area contributed by atoms with Gasteiger partial charge in [-0.2, -0.15) is 0 Å². The van der Waals surface area contributed by atoms with Crippen molar-refractivity contribution in [1.82, 2.24) is 9.55 Å². The van der Waals surface area contributed by atoms with E-state index >= 15 is 0 Å². The first kappa shape index (κ1) is 21.8. The van der Waals surface area contributed by atoms with Crippen molar-refractivity contribution in [2.45, 2.75) is 77.4 Å². The maximum Gasteiger partial charge on any atom is 0.309 e. The molecule has 2 aromatic rings. The van der Waals surface area contributed by atoms with E-state index in [1.807, 2.05) is 31.2 Å². The first-order valence-electron chi connectivity index (χ1n) is 10.4. The van der Waals surface area contributed by atoms with Gasteiger partial charge in [0.2, 0.25) is 0 Å². The van der Waals surface area contributed by atoms with E-state index < -0.39 is 17.5 Å². The number of carboxylic acid groups (broad SMARTS) is 1. The third kappa shape index (κ3) is 4.22. The van der Waals surface area contributed by atoms with Crippen molar-refractivity contribution in [3.8, 4) is 0 Å². The van der Waals surface area contributed by atoms with Crippen LogP contribution in [0.15, 0.2) is 24.3 Å². The number of carboxylic acids is 1. The molecule has 0 bridgehead atoms. The summed E-state index contributed by atoms with van der Waals surface area (Å²) < 4.78 is 2.06. The van der Waals surface area contributed by atoms with Crippen LogP contribution in [0, 0.1) is 5.92 Å². The van der Waals surface area contributed by atoms with Gasteiger partial charge in [-0.1, -0.05) is 51.4 Å². The largest absolute Gasteiger partial charge is 0.481 e. The van der Waals surface area contributed by atoms with Crippen LogP contribution in [-0.2, 0) is 28.8 Å². The van der Waals surface area contributed by atoms with Crippen molar-refractivity contribution in [3.05, 3.63) is 52.1 Å². The number of rotatable bonds is 5. The highest BCUT2D eigenvalue weighted by Crippen LogP contribution is 2.43. The summed E-state index contributed by atoms with van der Waals surface area (Å²) in [6, 6.07) is 7.62. The van der Waals surface area contributed by atoms with Crippen LogP contribution < -0.4 is 0 Å². The SMILES string of the molecule is CCC(C(=O)O)C1(O)CCCCc2nc(C(C)(C)C)n(Cc3ccc(Cl)cc3)c21. The van der Waals surface area contributed by atoms with Gasteiger partial charge in [0, 0.05) is 17.0 Å². The van der Waals surface area contributed by atoms with Crippen molar-refractivity contribution in [2.24, 2.45) is 5.92 Å². The minimum Gasteiger partial charge on any atom is -0.481 e. The Hall–Kier alpha value is -1.85. The van der Waals surface area contributed by atoms with Crippen LogP contribution in [0.5, 0.6) is 0 Å². The molecule has 0 amide bonds. The summed E-state index contributed by atoms with van der Waals surface area (Å²) in [5.41, 5.74) is 0.877. The molecule has 1 aliphatic carbocycles. The Balaban J connectivity index is 2.24. The molecule has 1 aliphatic rings. The first-order chi connectivity index (χ1) is 13.6. The van der Waals surface area contributed by atoms with E-state index in [2.05, 4.69) is 25.3 Å². The molecule has 0 saturated heterocycles. The molecule has 1 aromatic carbocycles. The molecule has 2 atom stereocenters. The Kier molecular flexibility index (Phi) is 6.11. The van der Waals surface area contributed by atoms with Gasteiger partial charge < -0.3 is 14.8 Å². The molecule has 0 radical (unpaired) electrons. The average Bonchev–Trinajstić information content (AvgIpc) is 2.91. The summed E-state index contributed by atoms with van der Waals surface area (Å²) in [5.74, 6) is -0.953. The summed E-state index contributed by atoms with van der Waals surface area (Å²) in [6.45, 7) is 8.64. The molecular weight excluding hydrogens is 388 g/mol. The standard InChI is InChI=1S/C23H31ClN2O3/c1-5-17(20(27)28)23(29)13-7-6-8-18-19(23)26(21(25-18)22(2,3)4)14-15-9-11-16(24)12-10-15/h9-12,17,29H,5-8,13-14H2,1-4H3,(H,27,28). The lowest BCUT2D eigenvalue weighted by Gasteiger charge is -2.35. The highest BCUT2D eigenvalue weighted by molar-refractivity contribution is 6.30. The van der Waals surface area contributed by atoms with Crippen molar-refractivity contribution in [1.29, 1.82) is 0 Å². The number of hydrogen-bond acceptors (Lipinski definition) is 3. The Morgan fingerprint density at radius 3 is 2.48 bits per heavy atom. The third-order valence-electron chi connectivity index (χ3n) is 5.88. The Morgan fingerprint density at radius 1 is 1.28 bits per heavy atom. The fourth-order valence-corrected chi connectivity index (χ4v) is 4.65. The monoisotopic (exact) mass is 418 g/mol. The number of fused-ring (bicyclic) bond motifs is 1. The molecule has 0 fully saturated rings. The topological polar surface area (TPSA) is 75.3 Å². The van der Waals surface area contributed by atoms with Crippen LogP contribution in [0.1, 0.15) is 76.2 Å². The molecule has 1 aromatic heterocycles. The second-order valence-electron chi connectivity index (χ2n) is 9.12. The van der Waals surface area contributed by atoms with E-state index in [0.717, 1.165) is 36.3 Å². The van der Waals surface area contributed by atoms with Gasteiger partial charge in [0.05, 0.1) is 17.3 Å². The second-order valence-corrected chi connectivity index (χ2v) is 9.56. The number of imidazole rings is 1. The van der Waals surface area contributed by atoms with Crippen LogP contribution in [0.4, 0.5) is 0 Å². The minimum absolute atomic E-state index is 0.246. The molecule has 3 rings (SSSR count). The molecule has 29 heavy (non-hydrogen) atoms. The lowest BCUT2D eigenvalue weighted by Crippen LogP contribution is -2.42. The highest BCUT2D eigenvalue weighted by atomic mass is 35.5. The number of aliphatic hydroxyl groups is 1. The molecule has 0 spiro atoms. The van der Waals surface area contributed by atoms with E-state index in [9.17, 15) is 15.0 Å². The van der Waals surface area contributed by atoms with Gasteiger partial charge in [-0.05, 0) is 49.8 Å². The van der Waals surface area contributed by atoms with Crippen molar-refractivity contribution in [3.63, 3.8) is 0 Å². The lowest BCUT2D eigenvalue weighted by atomic mass is 9.79. The molecule has 6 heteroatoms. The van der Waals surface area contributed by atoms with Crippen LogP contribution in [0.3, 0.4) is 0 Å². The summed E-state index contributed by atoms with van der Waals surface area (Å²) in [6.07, 6.45) is 3.22. The fraction of sp³-hybridized carbons (Fsp3) is 0.565. The van der Waals surface area contributed by atoms with Gasteiger partial charge in [0.1, 0.15) is 11.4 Å². The van der Waals surface area contributed by atoms with Crippen LogP contribution in [-0.4, -0.2) is 25.7 Å². The number of hydrogen-bond donors (Lipinski definition) is 2. The van der Waals surface area contributed by atoms with E-state index in [1.54, 1.807) is 0 Å². The molecule has 2 unspecified atom stereocenters. The normalized spacial score (nSPS) is 20.8. The Morgan fingerprint density at radius 2 is 1.93 bits per heavy atom. The quantitative estimate of drug-likeness (QED) is 0.676. The number of halogens is 1. The third-order valence-corrected chi connectivity index (χ3v) is 6.13. The van der Waals surface area contributed by atoms with E-state index in [4.69, 9.17) is 16.6 Å². The van der Waals surface area contributed by atoms with Gasteiger partial charge in [0.25, 0.3) is 0 Å². The number of nitrogens with zero attached hydrogens (tertiary/aromatic N) is 2. The van der Waals surface area contributed by atoms with Crippen LogP contribution in [0.25, 0.3) is 0 Å². The van der Waals surface area contributed by atoms with E-state index in [1.165, 1.54) is 0 Å². The maximum absolute atomic E-state index is 12.1. The maximum atomic E-state index is 12.1. The van der Waals surface area contributed by atoms with Gasteiger partial charge in [-0.3, -0.25) is 4.79 Å². The number of carbonyl (C=O) groups is 1. The molecular formula is C23H31ClN2O3. The molecule has 5 nitrogen and oxygen atoms in total. The van der Waals surface area contributed by atoms with Gasteiger partial charge >= 0.3 is 5.97 Å². The Bertz CT molecular complexity index is 883. The van der Waals surface area contributed by atoms with Gasteiger partial charge in [-0.25, -0.2) is 4.98 Å². The van der Waals surface area contributed by atoms with Crippen LogP contribution >= 0.6 is 11.6 Å². The van der Waals surface area contributed by atoms with Crippen molar-refractivity contribution in [2.75, 3.05) is 0 Å². The lowest BCUT2D eigenvalue weighted by molar-refractivity contribution is -0.154. The van der Waals surface area contributed by atoms with E-state index in [0.29, 0.717) is 30.1 Å². The number of aliphatic carboxylic acids is 1. The summed E-state index contributed by atoms with van der Waals surface area (Å²) in [7, 11) is 0. The Labute approximate surface area is 177 Å². The molecule has 0 saturated carbocycles. The average molecular weight is 419 g/mol. The summed E-state index contributed by atoms with van der Waals surface area (Å²) in [5, 5.41) is 22.4. The summed E-state index contributed by atoms with van der Waals surface area (Å²) >= 11 is 6.05.